The van der Waals surface area contributed by atoms with Crippen LogP contribution in [0.1, 0.15) is 41.5 Å². The van der Waals surface area contributed by atoms with E-state index in [0.29, 0.717) is 30.5 Å². The number of ether oxygens (including phenoxy) is 1. The number of rotatable bonds is 8. The molecular weight excluding hydrogens is 540 g/mol. The molecule has 0 spiro atoms. The molecular formula is C28H29F6N3O3. The van der Waals surface area contributed by atoms with Crippen molar-refractivity contribution in [3.8, 4) is 0 Å². The van der Waals surface area contributed by atoms with Gasteiger partial charge < -0.3 is 19.9 Å². The van der Waals surface area contributed by atoms with Gasteiger partial charge in [0.2, 0.25) is 0 Å². The van der Waals surface area contributed by atoms with Crippen molar-refractivity contribution in [2.75, 3.05) is 20.1 Å². The van der Waals surface area contributed by atoms with Crippen LogP contribution in [0.3, 0.4) is 0 Å². The van der Waals surface area contributed by atoms with Gasteiger partial charge >= 0.3 is 18.4 Å². The van der Waals surface area contributed by atoms with Crippen molar-refractivity contribution in [3.05, 3.63) is 70.9 Å². The van der Waals surface area contributed by atoms with E-state index >= 15 is 0 Å². The lowest BCUT2D eigenvalue weighted by Gasteiger charge is -2.29. The molecule has 40 heavy (non-hydrogen) atoms. The monoisotopic (exact) mass is 569 g/mol. The topological polar surface area (TPSA) is 74.4 Å². The summed E-state index contributed by atoms with van der Waals surface area (Å²) in [6.07, 6.45) is -8.86. The molecule has 2 N–H and O–H groups in total. The summed E-state index contributed by atoms with van der Waals surface area (Å²) in [7, 11) is 1.95. The number of piperidine rings is 1. The first-order valence-corrected chi connectivity index (χ1v) is 12.8. The van der Waals surface area contributed by atoms with Gasteiger partial charge in [0.1, 0.15) is 6.10 Å². The second-order valence-corrected chi connectivity index (χ2v) is 10.0. The number of hydrogen-bond acceptors (Lipinski definition) is 4. The summed E-state index contributed by atoms with van der Waals surface area (Å²) in [4.78, 5) is 31.2. The Kier molecular flexibility index (Phi) is 8.77. The maximum Gasteiger partial charge on any atom is 0.416 e. The van der Waals surface area contributed by atoms with Gasteiger partial charge in [-0.15, -0.1) is 0 Å². The highest BCUT2D eigenvalue weighted by molar-refractivity contribution is 5.89. The Morgan fingerprint density at radius 3 is 2.27 bits per heavy atom. The molecule has 1 aliphatic rings. The first-order chi connectivity index (χ1) is 18.8. The van der Waals surface area contributed by atoms with E-state index in [1.807, 2.05) is 31.3 Å². The molecule has 1 aliphatic heterocycles. The standard InChI is InChI=1S/C28H29F6N3O3/c1-37-10-8-21(9-11-37)40-26(39)36-24(14-18-16-35-23-5-3-2-4-22(18)23)25(38)7-6-17-12-19(27(29,30)31)15-20(13-17)28(32,33)34/h2-5,12-13,15-16,21,24,35H,6-11,14H2,1H3,(H,36,39). The van der Waals surface area contributed by atoms with Crippen LogP contribution in [-0.4, -0.2) is 54.0 Å². The molecule has 12 heteroatoms. The van der Waals surface area contributed by atoms with E-state index in [1.165, 1.54) is 0 Å². The van der Waals surface area contributed by atoms with E-state index in [1.54, 1.807) is 6.20 Å². The Morgan fingerprint density at radius 2 is 1.65 bits per heavy atom. The van der Waals surface area contributed by atoms with Crippen LogP contribution >= 0.6 is 0 Å². The highest BCUT2D eigenvalue weighted by atomic mass is 19.4. The van der Waals surface area contributed by atoms with Crippen LogP contribution in [0.5, 0.6) is 0 Å². The Labute approximate surface area is 226 Å². The fourth-order valence-electron chi connectivity index (χ4n) is 4.80. The number of ketones is 1. The first kappa shape index (κ1) is 29.4. The number of likely N-dealkylation sites (tertiary alicyclic amines) is 1. The Hall–Kier alpha value is -3.54. The van der Waals surface area contributed by atoms with E-state index in [4.69, 9.17) is 4.74 Å². The van der Waals surface area contributed by atoms with Crippen molar-refractivity contribution in [2.24, 2.45) is 0 Å². The fraction of sp³-hybridized carbons (Fsp3) is 0.429. The zero-order valence-corrected chi connectivity index (χ0v) is 21.7. The number of carbonyl (C=O) groups excluding carboxylic acids is 2. The van der Waals surface area contributed by atoms with Gasteiger partial charge in [-0.3, -0.25) is 4.79 Å². The van der Waals surface area contributed by atoms with Crippen LogP contribution in [0.2, 0.25) is 0 Å². The number of alkyl carbamates (subject to hydrolysis) is 1. The molecule has 0 radical (unpaired) electrons. The lowest BCUT2D eigenvalue weighted by Crippen LogP contribution is -2.45. The molecule has 0 saturated carbocycles. The number of Topliss-reactive ketones (excluding diaryl/α,β-unsaturated/α-hetero) is 1. The molecule has 2 aromatic carbocycles. The van der Waals surface area contributed by atoms with Gasteiger partial charge in [-0.05, 0) is 61.7 Å². The largest absolute Gasteiger partial charge is 0.446 e. The summed E-state index contributed by atoms with van der Waals surface area (Å²) >= 11 is 0. The van der Waals surface area contributed by atoms with E-state index in [0.717, 1.165) is 24.0 Å². The van der Waals surface area contributed by atoms with Crippen LogP contribution in [-0.2, 0) is 34.7 Å². The third-order valence-corrected chi connectivity index (χ3v) is 7.03. The lowest BCUT2D eigenvalue weighted by atomic mass is 9.96. The zero-order chi connectivity index (χ0) is 29.1. The SMILES string of the molecule is CN1CCC(OC(=O)NC(Cc2c[nH]c3ccccc23)C(=O)CCc2cc(C(F)(F)F)cc(C(F)(F)F)c2)CC1. The normalized spacial score (nSPS) is 16.2. The number of hydrogen-bond donors (Lipinski definition) is 2. The van der Waals surface area contributed by atoms with Crippen LogP contribution in [0.15, 0.2) is 48.7 Å². The molecule has 1 aromatic heterocycles. The fourth-order valence-corrected chi connectivity index (χ4v) is 4.80. The van der Waals surface area contributed by atoms with Gasteiger partial charge in [-0.2, -0.15) is 26.3 Å². The smallest absolute Gasteiger partial charge is 0.416 e. The van der Waals surface area contributed by atoms with Crippen molar-refractivity contribution < 1.29 is 40.7 Å². The summed E-state index contributed by atoms with van der Waals surface area (Å²) < 4.78 is 85.1. The van der Waals surface area contributed by atoms with Crippen LogP contribution < -0.4 is 5.32 Å². The molecule has 2 heterocycles. The number of halogens is 6. The molecule has 1 atom stereocenters. The summed E-state index contributed by atoms with van der Waals surface area (Å²) in [6, 6.07) is 7.47. The molecule has 0 bridgehead atoms. The van der Waals surface area contributed by atoms with Crippen LogP contribution in [0, 0.1) is 0 Å². The number of aromatic nitrogens is 1. The third-order valence-electron chi connectivity index (χ3n) is 7.03. The number of benzene rings is 2. The maximum absolute atomic E-state index is 13.3. The van der Waals surface area contributed by atoms with Crippen LogP contribution in [0.25, 0.3) is 10.9 Å². The van der Waals surface area contributed by atoms with Gasteiger partial charge in [0.05, 0.1) is 17.2 Å². The van der Waals surface area contributed by atoms with E-state index in [-0.39, 0.29) is 37.0 Å². The zero-order valence-electron chi connectivity index (χ0n) is 21.7. The van der Waals surface area contributed by atoms with Gasteiger partial charge in [0.25, 0.3) is 0 Å². The average Bonchev–Trinajstić information content (AvgIpc) is 3.30. The molecule has 1 saturated heterocycles. The number of nitrogens with zero attached hydrogens (tertiary/aromatic N) is 1. The number of carbonyl (C=O) groups is 2. The summed E-state index contributed by atoms with van der Waals surface area (Å²) in [5, 5.41) is 3.41. The predicted molar refractivity (Wildman–Crippen MR) is 136 cm³/mol. The molecule has 216 valence electrons. The number of fused-ring (bicyclic) bond motifs is 1. The van der Waals surface area contributed by atoms with Crippen molar-refractivity contribution in [3.63, 3.8) is 0 Å². The number of aromatic amines is 1. The minimum atomic E-state index is -4.99. The van der Waals surface area contributed by atoms with Gasteiger partial charge in [-0.1, -0.05) is 18.2 Å². The molecule has 4 rings (SSSR count). The predicted octanol–water partition coefficient (Wildman–Crippen LogP) is 6.14. The molecule has 1 amide bonds. The van der Waals surface area contributed by atoms with Crippen LogP contribution in [0.4, 0.5) is 31.1 Å². The number of H-pyrrole nitrogens is 1. The van der Waals surface area contributed by atoms with Gasteiger partial charge in [0, 0.05) is 43.0 Å². The summed E-state index contributed by atoms with van der Waals surface area (Å²) in [5.41, 5.74) is -1.65. The quantitative estimate of drug-likeness (QED) is 0.320. The molecule has 1 unspecified atom stereocenters. The first-order valence-electron chi connectivity index (χ1n) is 12.8. The van der Waals surface area contributed by atoms with Crippen molar-refractivity contribution >= 4 is 22.8 Å². The molecule has 1 fully saturated rings. The summed E-state index contributed by atoms with van der Waals surface area (Å²) in [6.45, 7) is 1.49. The maximum atomic E-state index is 13.3. The number of amides is 1. The minimum Gasteiger partial charge on any atom is -0.446 e. The van der Waals surface area contributed by atoms with E-state index in [9.17, 15) is 35.9 Å². The highest BCUT2D eigenvalue weighted by Gasteiger charge is 2.37. The number of aryl methyl sites for hydroxylation is 1. The third kappa shape index (κ3) is 7.56. The molecule has 3 aromatic rings. The Bertz CT molecular complexity index is 1310. The second kappa shape index (κ2) is 11.9. The Balaban J connectivity index is 1.52. The molecule has 6 nitrogen and oxygen atoms in total. The van der Waals surface area contributed by atoms with Gasteiger partial charge in [0.15, 0.2) is 5.78 Å². The molecule has 0 aliphatic carbocycles. The lowest BCUT2D eigenvalue weighted by molar-refractivity contribution is -0.143. The second-order valence-electron chi connectivity index (χ2n) is 10.0. The minimum absolute atomic E-state index is 0.0473. The highest BCUT2D eigenvalue weighted by Crippen LogP contribution is 2.36. The van der Waals surface area contributed by atoms with Crippen molar-refractivity contribution in [1.82, 2.24) is 15.2 Å². The number of alkyl halides is 6. The average molecular weight is 570 g/mol. The number of nitrogens with one attached hydrogen (secondary N) is 2. The van der Waals surface area contributed by atoms with Crippen molar-refractivity contribution in [2.45, 2.75) is 56.6 Å². The number of para-hydroxylation sites is 1. The van der Waals surface area contributed by atoms with Crippen molar-refractivity contribution in [1.29, 1.82) is 0 Å². The van der Waals surface area contributed by atoms with E-state index < -0.39 is 41.4 Å². The Morgan fingerprint density at radius 1 is 1.02 bits per heavy atom. The van der Waals surface area contributed by atoms with Gasteiger partial charge in [-0.25, -0.2) is 4.79 Å². The summed E-state index contributed by atoms with van der Waals surface area (Å²) in [5.74, 6) is -0.545. The van der Waals surface area contributed by atoms with E-state index in [2.05, 4.69) is 15.2 Å².